The van der Waals surface area contributed by atoms with Crippen molar-refractivity contribution in [2.45, 2.75) is 45.6 Å². The van der Waals surface area contributed by atoms with Gasteiger partial charge in [-0.15, -0.1) is 0 Å². The molecule has 0 rings (SSSR count). The summed E-state index contributed by atoms with van der Waals surface area (Å²) >= 11 is 0. The molecule has 1 radical (unpaired) electrons. The van der Waals surface area contributed by atoms with E-state index in [4.69, 9.17) is 10.2 Å². The average molecular weight is 268 g/mol. The van der Waals surface area contributed by atoms with Crippen LogP contribution >= 0.6 is 0 Å². The smallest absolute Gasteiger partial charge is 0.220 e. The maximum Gasteiger partial charge on any atom is 0.220 e. The van der Waals surface area contributed by atoms with Crippen LogP contribution in [-0.2, 0) is 23.4 Å². The summed E-state index contributed by atoms with van der Waals surface area (Å²) in [4.78, 5) is 11.2. The minimum absolute atomic E-state index is 0. The zero-order chi connectivity index (χ0) is 11.7. The summed E-state index contributed by atoms with van der Waals surface area (Å²) in [5.41, 5.74) is 0. The number of aliphatic hydroxyl groups is 2. The van der Waals surface area contributed by atoms with Gasteiger partial charge >= 0.3 is 0 Å². The van der Waals surface area contributed by atoms with Crippen LogP contribution in [0.3, 0.4) is 0 Å². The normalized spacial score (nSPS) is 10.4. The van der Waals surface area contributed by atoms with Crippen molar-refractivity contribution in [2.24, 2.45) is 5.92 Å². The molecule has 0 saturated heterocycles. The van der Waals surface area contributed by atoms with Crippen molar-refractivity contribution in [2.75, 3.05) is 13.2 Å². The fourth-order valence-electron chi connectivity index (χ4n) is 1.35. The molecule has 0 unspecified atom stereocenters. The molecule has 95 valence electrons. The van der Waals surface area contributed by atoms with E-state index >= 15 is 0 Å². The molecule has 1 amide bonds. The van der Waals surface area contributed by atoms with Gasteiger partial charge in [0.2, 0.25) is 5.91 Å². The molecule has 0 heterocycles. The Balaban J connectivity index is 0. The zero-order valence-corrected chi connectivity index (χ0v) is 11.5. The number of hydrogen-bond donors (Lipinski definition) is 3. The van der Waals surface area contributed by atoms with Crippen LogP contribution in [-0.4, -0.2) is 35.4 Å². The Morgan fingerprint density at radius 1 is 1.19 bits per heavy atom. The van der Waals surface area contributed by atoms with Crippen molar-refractivity contribution in [1.29, 1.82) is 0 Å². The fourth-order valence-corrected chi connectivity index (χ4v) is 1.35. The molecule has 0 aromatic heterocycles. The van der Waals surface area contributed by atoms with E-state index in [1.54, 1.807) is 0 Å². The van der Waals surface area contributed by atoms with Gasteiger partial charge in [-0.05, 0) is 26.7 Å². The van der Waals surface area contributed by atoms with E-state index < -0.39 is 0 Å². The molecular formula is C11H23NO3V. The van der Waals surface area contributed by atoms with Gasteiger partial charge in [-0.3, -0.25) is 4.79 Å². The molecule has 16 heavy (non-hydrogen) atoms. The van der Waals surface area contributed by atoms with Crippen molar-refractivity contribution in [1.82, 2.24) is 5.32 Å². The molecule has 0 fully saturated rings. The van der Waals surface area contributed by atoms with Gasteiger partial charge in [-0.25, -0.2) is 0 Å². The number of unbranched alkanes of at least 4 members (excludes halogenated alkanes) is 1. The van der Waals surface area contributed by atoms with Gasteiger partial charge in [0.05, 0.1) is 0 Å². The Hall–Kier alpha value is -0.0256. The van der Waals surface area contributed by atoms with Gasteiger partial charge in [0.25, 0.3) is 0 Å². The second-order valence-electron chi connectivity index (χ2n) is 4.20. The molecule has 0 aliphatic heterocycles. The van der Waals surface area contributed by atoms with E-state index in [0.717, 1.165) is 19.3 Å². The van der Waals surface area contributed by atoms with Gasteiger partial charge in [0.1, 0.15) is 0 Å². The van der Waals surface area contributed by atoms with Gasteiger partial charge in [0.15, 0.2) is 0 Å². The number of carbonyl (C=O) groups is 1. The first kappa shape index (κ1) is 18.3. The summed E-state index contributed by atoms with van der Waals surface area (Å²) in [5.74, 6) is 0.0488. The molecule has 3 N–H and O–H groups in total. The largest absolute Gasteiger partial charge is 0.396 e. The maximum absolute atomic E-state index is 11.2. The molecule has 0 aliphatic carbocycles. The van der Waals surface area contributed by atoms with E-state index in [9.17, 15) is 4.79 Å². The van der Waals surface area contributed by atoms with Crippen molar-refractivity contribution in [3.63, 3.8) is 0 Å². The van der Waals surface area contributed by atoms with Crippen LogP contribution < -0.4 is 5.32 Å². The number of nitrogens with one attached hydrogen (secondary N) is 1. The monoisotopic (exact) mass is 268 g/mol. The summed E-state index contributed by atoms with van der Waals surface area (Å²) in [6, 6.07) is 0.195. The zero-order valence-electron chi connectivity index (χ0n) is 10.1. The SMILES string of the molecule is CC(C)NC(=O)CCCCC(CO)CO.[V]. The van der Waals surface area contributed by atoms with E-state index in [0.29, 0.717) is 6.42 Å². The molecule has 5 heteroatoms. The Morgan fingerprint density at radius 3 is 2.19 bits per heavy atom. The predicted octanol–water partition coefficient (Wildman–Crippen LogP) is 0.670. The topological polar surface area (TPSA) is 69.6 Å². The van der Waals surface area contributed by atoms with E-state index in [2.05, 4.69) is 5.32 Å². The molecule has 0 aromatic rings. The average Bonchev–Trinajstić information content (AvgIpc) is 2.17. The maximum atomic E-state index is 11.2. The summed E-state index contributed by atoms with van der Waals surface area (Å²) in [6.45, 7) is 3.92. The molecule has 4 nitrogen and oxygen atoms in total. The predicted molar refractivity (Wildman–Crippen MR) is 59.4 cm³/mol. The van der Waals surface area contributed by atoms with Gasteiger partial charge in [0, 0.05) is 50.2 Å². The van der Waals surface area contributed by atoms with Crippen molar-refractivity contribution < 1.29 is 33.6 Å². The standard InChI is InChI=1S/C11H23NO3.V/c1-9(2)12-11(15)6-4-3-5-10(7-13)8-14;/h9-10,13-14H,3-8H2,1-2H3,(H,12,15);. The Labute approximate surface area is 110 Å². The minimum Gasteiger partial charge on any atom is -0.396 e. The van der Waals surface area contributed by atoms with Gasteiger partial charge < -0.3 is 15.5 Å². The summed E-state index contributed by atoms with van der Waals surface area (Å²) in [7, 11) is 0. The molecule has 0 saturated carbocycles. The van der Waals surface area contributed by atoms with Gasteiger partial charge in [-0.1, -0.05) is 6.42 Å². The number of aliphatic hydroxyl groups excluding tert-OH is 2. The van der Waals surface area contributed by atoms with Gasteiger partial charge in [-0.2, -0.15) is 0 Å². The van der Waals surface area contributed by atoms with E-state index in [-0.39, 0.29) is 49.6 Å². The third-order valence-corrected chi connectivity index (χ3v) is 2.23. The second kappa shape index (κ2) is 11.5. The van der Waals surface area contributed by atoms with Crippen LogP contribution in [0.1, 0.15) is 39.5 Å². The number of rotatable bonds is 8. The quantitative estimate of drug-likeness (QED) is 0.567. The second-order valence-corrected chi connectivity index (χ2v) is 4.20. The molecule has 0 atom stereocenters. The van der Waals surface area contributed by atoms with Crippen molar-refractivity contribution in [3.05, 3.63) is 0 Å². The Kier molecular flexibility index (Phi) is 13.1. The summed E-state index contributed by atoms with van der Waals surface area (Å²) in [5, 5.41) is 20.4. The molecule has 0 aromatic carbocycles. The minimum atomic E-state index is -0.0295. The van der Waals surface area contributed by atoms with Crippen LogP contribution in [0, 0.1) is 5.92 Å². The first-order valence-electron chi connectivity index (χ1n) is 5.61. The fraction of sp³-hybridized carbons (Fsp3) is 0.909. The summed E-state index contributed by atoms with van der Waals surface area (Å²) < 4.78 is 0. The summed E-state index contributed by atoms with van der Waals surface area (Å²) in [6.07, 6.45) is 3.00. The van der Waals surface area contributed by atoms with Crippen molar-refractivity contribution >= 4 is 5.91 Å². The van der Waals surface area contributed by atoms with Crippen molar-refractivity contribution in [3.8, 4) is 0 Å². The van der Waals surface area contributed by atoms with Crippen LogP contribution in [0.5, 0.6) is 0 Å². The third-order valence-electron chi connectivity index (χ3n) is 2.23. The van der Waals surface area contributed by atoms with Crippen LogP contribution in [0.2, 0.25) is 0 Å². The number of carbonyl (C=O) groups excluding carboxylic acids is 1. The van der Waals surface area contributed by atoms with Crippen LogP contribution in [0.4, 0.5) is 0 Å². The molecule has 0 bridgehead atoms. The van der Waals surface area contributed by atoms with Crippen LogP contribution in [0.15, 0.2) is 0 Å². The number of hydrogen-bond acceptors (Lipinski definition) is 3. The first-order chi connectivity index (χ1) is 7.10. The van der Waals surface area contributed by atoms with E-state index in [1.165, 1.54) is 0 Å². The third kappa shape index (κ3) is 10.5. The Bertz CT molecular complexity index is 173. The Morgan fingerprint density at radius 2 is 1.75 bits per heavy atom. The molecule has 0 spiro atoms. The molecular weight excluding hydrogens is 245 g/mol. The molecule has 0 aliphatic rings. The number of amides is 1. The first-order valence-corrected chi connectivity index (χ1v) is 5.61. The van der Waals surface area contributed by atoms with Crippen LogP contribution in [0.25, 0.3) is 0 Å². The van der Waals surface area contributed by atoms with E-state index in [1.807, 2.05) is 13.8 Å².